The predicted molar refractivity (Wildman–Crippen MR) is 168 cm³/mol. The van der Waals surface area contributed by atoms with E-state index >= 15 is 0 Å². The Bertz CT molecular complexity index is 2090. The van der Waals surface area contributed by atoms with E-state index in [1.807, 2.05) is 0 Å². The molecule has 1 N–H and O–H groups in total. The number of ether oxygens (including phenoxy) is 1. The average Bonchev–Trinajstić information content (AvgIpc) is 3.73. The molecule has 2 atom stereocenters. The van der Waals surface area contributed by atoms with Crippen molar-refractivity contribution in [3.8, 4) is 22.9 Å². The molecule has 2 fully saturated rings. The number of pyridine rings is 2. The standard InChI is InChI=1S/C31H26ClN7O4S/c1-16-36-24-12-35-29(39-14-18-10-19(39)13-37(18)2)22(11-33)26(24)30(40)38(16)7-8-43-25-4-3-17(32)9-21(25)20-5-6-34-27-23(31(41)42)15-44-28(20)27/h3-6,9,12,15,18-19H,7-8,10,13-14H2,1-2H3,(H,41,42). The van der Waals surface area contributed by atoms with Gasteiger partial charge in [-0.3, -0.25) is 19.2 Å². The summed E-state index contributed by atoms with van der Waals surface area (Å²) in [5.74, 6) is 0.500. The van der Waals surface area contributed by atoms with Gasteiger partial charge in [-0.15, -0.1) is 11.3 Å². The van der Waals surface area contributed by atoms with E-state index in [-0.39, 0.29) is 41.3 Å². The molecule has 44 heavy (non-hydrogen) atoms. The van der Waals surface area contributed by atoms with Gasteiger partial charge in [-0.2, -0.15) is 5.26 Å². The lowest BCUT2D eigenvalue weighted by molar-refractivity contribution is 0.0699. The highest BCUT2D eigenvalue weighted by Gasteiger charge is 2.43. The number of fused-ring (bicyclic) bond motifs is 4. The van der Waals surface area contributed by atoms with Crippen LogP contribution >= 0.6 is 22.9 Å². The number of likely N-dealkylation sites (N-methyl/N-ethyl adjacent to an activating group) is 1. The van der Waals surface area contributed by atoms with E-state index in [1.165, 1.54) is 15.9 Å². The van der Waals surface area contributed by atoms with Crippen LogP contribution in [0, 0.1) is 18.3 Å². The zero-order valence-corrected chi connectivity index (χ0v) is 25.4. The number of halogens is 1. The van der Waals surface area contributed by atoms with Gasteiger partial charge in [0.1, 0.15) is 35.6 Å². The van der Waals surface area contributed by atoms with Crippen molar-refractivity contribution in [2.75, 3.05) is 31.6 Å². The number of hydrogen-bond acceptors (Lipinski definition) is 10. The summed E-state index contributed by atoms with van der Waals surface area (Å²) in [5, 5.41) is 22.1. The van der Waals surface area contributed by atoms with E-state index in [9.17, 15) is 20.0 Å². The molecule has 0 saturated carbocycles. The molecule has 222 valence electrons. The number of hydrogen-bond donors (Lipinski definition) is 1. The van der Waals surface area contributed by atoms with Gasteiger partial charge in [0, 0.05) is 52.9 Å². The fourth-order valence-corrected chi connectivity index (χ4v) is 7.60. The summed E-state index contributed by atoms with van der Waals surface area (Å²) < 4.78 is 8.44. The number of likely N-dealkylation sites (tertiary alicyclic amines) is 1. The van der Waals surface area contributed by atoms with Crippen LogP contribution in [0.4, 0.5) is 5.82 Å². The monoisotopic (exact) mass is 627 g/mol. The fourth-order valence-electron chi connectivity index (χ4n) is 6.40. The van der Waals surface area contributed by atoms with Gasteiger partial charge < -0.3 is 14.7 Å². The first-order valence-electron chi connectivity index (χ1n) is 14.0. The molecule has 2 saturated heterocycles. The van der Waals surface area contributed by atoms with E-state index in [2.05, 4.69) is 37.9 Å². The first kappa shape index (κ1) is 28.2. The SMILES string of the molecule is Cc1nc2cnc(N3CC4CC3CN4C)c(C#N)c2c(=O)n1CCOc1ccc(Cl)cc1-c1ccnc2c(C(=O)O)csc12. The van der Waals surface area contributed by atoms with E-state index in [4.69, 9.17) is 16.3 Å². The molecule has 0 aliphatic carbocycles. The Morgan fingerprint density at radius 2 is 2.07 bits per heavy atom. The maximum Gasteiger partial charge on any atom is 0.338 e. The molecule has 2 aliphatic heterocycles. The van der Waals surface area contributed by atoms with Crippen LogP contribution in [0.25, 0.3) is 32.2 Å². The number of thiophene rings is 1. The molecule has 6 heterocycles. The number of aryl methyl sites for hydroxylation is 1. The molecule has 2 unspecified atom stereocenters. The van der Waals surface area contributed by atoms with Crippen molar-refractivity contribution in [2.24, 2.45) is 0 Å². The number of carbonyl (C=O) groups is 1. The molecule has 0 spiro atoms. The zero-order valence-electron chi connectivity index (χ0n) is 23.8. The number of nitriles is 1. The first-order valence-corrected chi connectivity index (χ1v) is 15.3. The van der Waals surface area contributed by atoms with Crippen LogP contribution < -0.4 is 15.2 Å². The Morgan fingerprint density at radius 1 is 1.23 bits per heavy atom. The van der Waals surface area contributed by atoms with Crippen LogP contribution in [0.15, 0.2) is 46.8 Å². The lowest BCUT2D eigenvalue weighted by Crippen LogP contribution is -2.45. The lowest BCUT2D eigenvalue weighted by Gasteiger charge is -2.33. The van der Waals surface area contributed by atoms with Crippen molar-refractivity contribution in [1.29, 1.82) is 5.26 Å². The summed E-state index contributed by atoms with van der Waals surface area (Å²) in [6.07, 6.45) is 4.17. The second-order valence-corrected chi connectivity index (χ2v) is 12.4. The van der Waals surface area contributed by atoms with Gasteiger partial charge in [0.2, 0.25) is 0 Å². The van der Waals surface area contributed by atoms with Crippen molar-refractivity contribution in [1.82, 2.24) is 24.4 Å². The number of carboxylic acid groups (broad SMARTS) is 1. The molecule has 0 amide bonds. The minimum Gasteiger partial charge on any atom is -0.491 e. The molecule has 5 aromatic rings. The summed E-state index contributed by atoms with van der Waals surface area (Å²) in [7, 11) is 2.11. The third-order valence-corrected chi connectivity index (χ3v) is 9.80. The maximum atomic E-state index is 13.9. The Labute approximate surface area is 260 Å². The summed E-state index contributed by atoms with van der Waals surface area (Å²) in [4.78, 5) is 43.5. The van der Waals surface area contributed by atoms with Crippen LogP contribution in [0.1, 0.15) is 28.2 Å². The Hall–Kier alpha value is -4.57. The number of nitrogens with zero attached hydrogens (tertiary/aromatic N) is 7. The largest absolute Gasteiger partial charge is 0.491 e. The Morgan fingerprint density at radius 3 is 2.80 bits per heavy atom. The highest BCUT2D eigenvalue weighted by molar-refractivity contribution is 7.18. The van der Waals surface area contributed by atoms with Gasteiger partial charge in [-0.25, -0.2) is 14.8 Å². The normalized spacial score (nSPS) is 17.9. The van der Waals surface area contributed by atoms with E-state index in [0.717, 1.165) is 25.1 Å². The van der Waals surface area contributed by atoms with Gasteiger partial charge in [0.05, 0.1) is 39.4 Å². The predicted octanol–water partition coefficient (Wildman–Crippen LogP) is 4.57. The number of piperazine rings is 1. The topological polar surface area (TPSA) is 137 Å². The number of rotatable bonds is 7. The Balaban J connectivity index is 1.20. The van der Waals surface area contributed by atoms with Gasteiger partial charge in [0.15, 0.2) is 0 Å². The minimum atomic E-state index is -1.05. The van der Waals surface area contributed by atoms with Crippen LogP contribution in [0.2, 0.25) is 5.02 Å². The van der Waals surface area contributed by atoms with E-state index in [1.54, 1.807) is 49.0 Å². The average molecular weight is 628 g/mol. The Kier molecular flexibility index (Phi) is 6.96. The molecule has 4 aromatic heterocycles. The second-order valence-electron chi connectivity index (χ2n) is 11.1. The van der Waals surface area contributed by atoms with Crippen LogP contribution in [-0.2, 0) is 6.54 Å². The zero-order chi connectivity index (χ0) is 30.7. The molecule has 7 rings (SSSR count). The number of anilines is 1. The molecular formula is C31H26ClN7O4S. The van der Waals surface area contributed by atoms with Gasteiger partial charge in [0.25, 0.3) is 5.56 Å². The third-order valence-electron chi connectivity index (χ3n) is 8.56. The molecular weight excluding hydrogens is 602 g/mol. The van der Waals surface area contributed by atoms with Crippen molar-refractivity contribution in [2.45, 2.75) is 32.0 Å². The van der Waals surface area contributed by atoms with Crippen molar-refractivity contribution in [3.05, 3.63) is 74.4 Å². The summed E-state index contributed by atoms with van der Waals surface area (Å²) in [5.41, 5.74) is 2.28. The van der Waals surface area contributed by atoms with Gasteiger partial charge >= 0.3 is 5.97 Å². The highest BCUT2D eigenvalue weighted by atomic mass is 35.5. The fraction of sp³-hybridized carbons (Fsp3) is 0.290. The summed E-state index contributed by atoms with van der Waals surface area (Å²) >= 11 is 7.65. The van der Waals surface area contributed by atoms with Crippen molar-refractivity contribution in [3.63, 3.8) is 0 Å². The van der Waals surface area contributed by atoms with Crippen molar-refractivity contribution >= 4 is 55.8 Å². The third kappa shape index (κ3) is 4.55. The lowest BCUT2D eigenvalue weighted by atomic mass is 10.0. The molecule has 1 aromatic carbocycles. The molecule has 0 radical (unpaired) electrons. The second kappa shape index (κ2) is 10.9. The van der Waals surface area contributed by atoms with Crippen LogP contribution in [0.3, 0.4) is 0 Å². The number of benzene rings is 1. The number of carboxylic acids is 1. The quantitative estimate of drug-likeness (QED) is 0.273. The number of aromatic carboxylic acids is 1. The molecule has 11 nitrogen and oxygen atoms in total. The van der Waals surface area contributed by atoms with Gasteiger partial charge in [-0.1, -0.05) is 11.6 Å². The van der Waals surface area contributed by atoms with Crippen molar-refractivity contribution < 1.29 is 14.6 Å². The highest BCUT2D eigenvalue weighted by Crippen LogP contribution is 2.40. The summed E-state index contributed by atoms with van der Waals surface area (Å²) in [6, 6.07) is 9.94. The first-order chi connectivity index (χ1) is 21.2. The van der Waals surface area contributed by atoms with Crippen LogP contribution in [0.5, 0.6) is 5.75 Å². The smallest absolute Gasteiger partial charge is 0.338 e. The van der Waals surface area contributed by atoms with Gasteiger partial charge in [-0.05, 0) is 44.7 Å². The summed E-state index contributed by atoms with van der Waals surface area (Å²) in [6.45, 7) is 3.73. The van der Waals surface area contributed by atoms with Crippen LogP contribution in [-0.4, -0.2) is 74.3 Å². The van der Waals surface area contributed by atoms with E-state index < -0.39 is 5.97 Å². The molecule has 2 bridgehead atoms. The minimum absolute atomic E-state index is 0.129. The maximum absolute atomic E-state index is 13.9. The van der Waals surface area contributed by atoms with E-state index in [0.29, 0.717) is 49.8 Å². The number of aromatic nitrogens is 4. The molecule has 2 aliphatic rings. The molecule has 13 heteroatoms.